The van der Waals surface area contributed by atoms with Gasteiger partial charge in [0.25, 0.3) is 0 Å². The third-order valence-corrected chi connectivity index (χ3v) is 5.25. The number of para-hydroxylation sites is 1. The zero-order valence-electron chi connectivity index (χ0n) is 14.8. The number of urea groups is 1. The number of hydrogen-bond donors (Lipinski definition) is 0. The molecule has 0 spiro atoms. The van der Waals surface area contributed by atoms with Gasteiger partial charge < -0.3 is 4.90 Å². The summed E-state index contributed by atoms with van der Waals surface area (Å²) in [6, 6.07) is 7.59. The van der Waals surface area contributed by atoms with E-state index in [1.807, 2.05) is 29.2 Å². The number of nitrogens with zero attached hydrogens (tertiary/aromatic N) is 4. The minimum Gasteiger partial charge on any atom is -0.341 e. The predicted molar refractivity (Wildman–Crippen MR) is 96.8 cm³/mol. The topological polar surface area (TPSA) is 56.2 Å². The van der Waals surface area contributed by atoms with Crippen LogP contribution in [0.3, 0.4) is 0 Å². The van der Waals surface area contributed by atoms with Crippen molar-refractivity contribution in [3.63, 3.8) is 0 Å². The normalized spacial score (nSPS) is 25.6. The van der Waals surface area contributed by atoms with Gasteiger partial charge in [-0.1, -0.05) is 26.0 Å². The number of piperidine rings is 1. The van der Waals surface area contributed by atoms with Crippen molar-refractivity contribution in [2.45, 2.75) is 20.3 Å². The van der Waals surface area contributed by atoms with E-state index in [2.05, 4.69) is 18.8 Å². The molecular formula is C19H24N4O2. The highest BCUT2D eigenvalue weighted by Crippen LogP contribution is 2.31. The summed E-state index contributed by atoms with van der Waals surface area (Å²) in [6.45, 7) is 7.24. The summed E-state index contributed by atoms with van der Waals surface area (Å²) in [6.07, 6.45) is 1.16. The number of fused-ring (bicyclic) bond motifs is 3. The summed E-state index contributed by atoms with van der Waals surface area (Å²) in [5, 5.41) is 0. The molecule has 0 N–H and O–H groups in total. The maximum absolute atomic E-state index is 12.9. The Labute approximate surface area is 148 Å². The van der Waals surface area contributed by atoms with Crippen LogP contribution in [-0.2, 0) is 4.79 Å². The molecular weight excluding hydrogens is 316 g/mol. The van der Waals surface area contributed by atoms with E-state index in [0.29, 0.717) is 24.9 Å². The second kappa shape index (κ2) is 6.17. The highest BCUT2D eigenvalue weighted by atomic mass is 16.2. The van der Waals surface area contributed by atoms with Crippen LogP contribution in [0.4, 0.5) is 10.5 Å². The Morgan fingerprint density at radius 1 is 1.20 bits per heavy atom. The number of aliphatic imine (C=N–C) groups is 1. The molecule has 6 nitrogen and oxygen atoms in total. The standard InChI is InChI=1S/C19H24N4O2/c1-13-9-14(2)11-21(10-13)17(24)12-23-16-6-4-3-5-15(16)18-20-7-8-22(18)19(23)25/h3-6,13-14H,7-12H2,1-2H3/t13-,14+. The number of carbonyl (C=O) groups is 2. The fraction of sp³-hybridized carbons (Fsp3) is 0.526. The lowest BCUT2D eigenvalue weighted by Gasteiger charge is -2.38. The van der Waals surface area contributed by atoms with E-state index >= 15 is 0 Å². The average molecular weight is 340 g/mol. The molecule has 1 aromatic rings. The molecule has 1 aromatic carbocycles. The quantitative estimate of drug-likeness (QED) is 0.829. The maximum Gasteiger partial charge on any atom is 0.330 e. The monoisotopic (exact) mass is 340 g/mol. The molecule has 2 atom stereocenters. The first-order valence-corrected chi connectivity index (χ1v) is 9.05. The SMILES string of the molecule is C[C@@H]1C[C@H](C)CN(C(=O)CN2C(=O)N3CCN=C3c3ccccc32)C1. The van der Waals surface area contributed by atoms with Gasteiger partial charge in [0.2, 0.25) is 5.91 Å². The average Bonchev–Trinajstić information content (AvgIpc) is 3.07. The number of likely N-dealkylation sites (tertiary alicyclic amines) is 1. The zero-order valence-corrected chi connectivity index (χ0v) is 14.8. The first-order valence-electron chi connectivity index (χ1n) is 9.05. The minimum absolute atomic E-state index is 0.0288. The van der Waals surface area contributed by atoms with Crippen molar-refractivity contribution in [3.8, 4) is 0 Å². The second-order valence-corrected chi connectivity index (χ2v) is 7.49. The van der Waals surface area contributed by atoms with Crippen molar-refractivity contribution >= 4 is 23.5 Å². The number of rotatable bonds is 2. The number of carbonyl (C=O) groups excluding carboxylic acids is 2. The van der Waals surface area contributed by atoms with Gasteiger partial charge in [0.05, 0.1) is 12.2 Å². The van der Waals surface area contributed by atoms with Crippen LogP contribution >= 0.6 is 0 Å². The van der Waals surface area contributed by atoms with Crippen molar-refractivity contribution in [1.29, 1.82) is 0 Å². The van der Waals surface area contributed by atoms with E-state index in [1.165, 1.54) is 0 Å². The zero-order chi connectivity index (χ0) is 17.6. The lowest BCUT2D eigenvalue weighted by Crippen LogP contribution is -2.54. The third kappa shape index (κ3) is 2.79. The Morgan fingerprint density at radius 2 is 1.92 bits per heavy atom. The molecule has 25 heavy (non-hydrogen) atoms. The second-order valence-electron chi connectivity index (χ2n) is 7.49. The Kier molecular flexibility index (Phi) is 3.98. The number of amides is 3. The van der Waals surface area contributed by atoms with Crippen LogP contribution in [-0.4, -0.2) is 60.3 Å². The summed E-state index contributed by atoms with van der Waals surface area (Å²) in [5.74, 6) is 1.79. The van der Waals surface area contributed by atoms with E-state index in [0.717, 1.165) is 36.6 Å². The third-order valence-electron chi connectivity index (χ3n) is 5.25. The lowest BCUT2D eigenvalue weighted by atomic mass is 9.92. The molecule has 1 saturated heterocycles. The number of anilines is 1. The molecule has 4 rings (SSSR count). The number of benzene rings is 1. The molecule has 3 amide bonds. The molecule has 0 aromatic heterocycles. The van der Waals surface area contributed by atoms with Gasteiger partial charge >= 0.3 is 6.03 Å². The summed E-state index contributed by atoms with van der Waals surface area (Å²) in [5.41, 5.74) is 1.73. The van der Waals surface area contributed by atoms with Gasteiger partial charge in [0, 0.05) is 25.2 Å². The summed E-state index contributed by atoms with van der Waals surface area (Å²) in [7, 11) is 0. The van der Waals surface area contributed by atoms with Gasteiger partial charge in [-0.05, 0) is 30.4 Å². The lowest BCUT2D eigenvalue weighted by molar-refractivity contribution is -0.132. The summed E-state index contributed by atoms with van der Waals surface area (Å²) < 4.78 is 0. The van der Waals surface area contributed by atoms with Crippen molar-refractivity contribution in [1.82, 2.24) is 9.80 Å². The molecule has 0 bridgehead atoms. The molecule has 6 heteroatoms. The molecule has 3 aliphatic rings. The van der Waals surface area contributed by atoms with Crippen LogP contribution in [0.1, 0.15) is 25.8 Å². The molecule has 0 aliphatic carbocycles. The van der Waals surface area contributed by atoms with Crippen molar-refractivity contribution in [2.24, 2.45) is 16.8 Å². The van der Waals surface area contributed by atoms with Crippen LogP contribution in [0.25, 0.3) is 0 Å². The van der Waals surface area contributed by atoms with E-state index in [-0.39, 0.29) is 18.5 Å². The van der Waals surface area contributed by atoms with E-state index < -0.39 is 0 Å². The van der Waals surface area contributed by atoms with Gasteiger partial charge in [0.1, 0.15) is 12.4 Å². The first-order chi connectivity index (χ1) is 12.0. The van der Waals surface area contributed by atoms with Crippen LogP contribution < -0.4 is 4.90 Å². The largest absolute Gasteiger partial charge is 0.341 e. The van der Waals surface area contributed by atoms with Gasteiger partial charge in [-0.3, -0.25) is 19.6 Å². The highest BCUT2D eigenvalue weighted by Gasteiger charge is 2.38. The Bertz CT molecular complexity index is 735. The van der Waals surface area contributed by atoms with Crippen LogP contribution in [0.15, 0.2) is 29.3 Å². The first kappa shape index (κ1) is 16.1. The van der Waals surface area contributed by atoms with Crippen LogP contribution in [0.5, 0.6) is 0 Å². The van der Waals surface area contributed by atoms with E-state index in [9.17, 15) is 9.59 Å². The summed E-state index contributed by atoms with van der Waals surface area (Å²) in [4.78, 5) is 35.5. The highest BCUT2D eigenvalue weighted by molar-refractivity contribution is 6.20. The fourth-order valence-electron chi connectivity index (χ4n) is 4.27. The van der Waals surface area contributed by atoms with Gasteiger partial charge in [-0.25, -0.2) is 4.79 Å². The van der Waals surface area contributed by atoms with E-state index in [1.54, 1.807) is 9.80 Å². The van der Waals surface area contributed by atoms with Gasteiger partial charge in [-0.15, -0.1) is 0 Å². The smallest absolute Gasteiger partial charge is 0.330 e. The minimum atomic E-state index is -0.138. The van der Waals surface area contributed by atoms with Gasteiger partial charge in [-0.2, -0.15) is 0 Å². The fourth-order valence-corrected chi connectivity index (χ4v) is 4.27. The maximum atomic E-state index is 12.9. The molecule has 0 radical (unpaired) electrons. The van der Waals surface area contributed by atoms with Crippen molar-refractivity contribution < 1.29 is 9.59 Å². The van der Waals surface area contributed by atoms with Crippen molar-refractivity contribution in [3.05, 3.63) is 29.8 Å². The molecule has 3 aliphatic heterocycles. The Balaban J connectivity index is 1.60. The van der Waals surface area contributed by atoms with E-state index in [4.69, 9.17) is 0 Å². The molecule has 0 saturated carbocycles. The molecule has 3 heterocycles. The van der Waals surface area contributed by atoms with Crippen LogP contribution in [0.2, 0.25) is 0 Å². The number of hydrogen-bond acceptors (Lipinski definition) is 3. The van der Waals surface area contributed by atoms with Crippen molar-refractivity contribution in [2.75, 3.05) is 37.6 Å². The van der Waals surface area contributed by atoms with Gasteiger partial charge in [0.15, 0.2) is 0 Å². The predicted octanol–water partition coefficient (Wildman–Crippen LogP) is 2.19. The molecule has 0 unspecified atom stereocenters. The Morgan fingerprint density at radius 3 is 2.68 bits per heavy atom. The molecule has 132 valence electrons. The summed E-state index contributed by atoms with van der Waals surface area (Å²) >= 11 is 0. The van der Waals surface area contributed by atoms with Crippen LogP contribution in [0, 0.1) is 11.8 Å². The number of amidine groups is 1. The Hall–Kier alpha value is -2.37. The molecule has 1 fully saturated rings.